The Morgan fingerprint density at radius 2 is 2.37 bits per heavy atom. The van der Waals surface area contributed by atoms with Crippen LogP contribution in [-0.2, 0) is 13.0 Å². The maximum Gasteiger partial charge on any atom is 0.251 e. The maximum atomic E-state index is 11.8. The van der Waals surface area contributed by atoms with E-state index in [2.05, 4.69) is 15.6 Å². The molecule has 0 atom stereocenters. The van der Waals surface area contributed by atoms with Crippen molar-refractivity contribution in [2.45, 2.75) is 13.0 Å². The summed E-state index contributed by atoms with van der Waals surface area (Å²) in [6.07, 6.45) is 2.65. The first-order valence-electron chi connectivity index (χ1n) is 5.97. The fourth-order valence-corrected chi connectivity index (χ4v) is 2.99. The van der Waals surface area contributed by atoms with Gasteiger partial charge in [0.15, 0.2) is 4.47 Å². The van der Waals surface area contributed by atoms with Crippen LogP contribution in [0.1, 0.15) is 20.8 Å². The summed E-state index contributed by atoms with van der Waals surface area (Å²) in [6.45, 7) is 1.38. The molecular formula is C13H12ClN3OS. The number of anilines is 1. The van der Waals surface area contributed by atoms with Crippen LogP contribution in [0.4, 0.5) is 5.69 Å². The van der Waals surface area contributed by atoms with Gasteiger partial charge >= 0.3 is 0 Å². The minimum atomic E-state index is 0.00531. The van der Waals surface area contributed by atoms with Crippen LogP contribution in [0.15, 0.2) is 24.4 Å². The molecule has 6 heteroatoms. The van der Waals surface area contributed by atoms with E-state index in [-0.39, 0.29) is 5.91 Å². The van der Waals surface area contributed by atoms with Gasteiger partial charge in [-0.3, -0.25) is 4.79 Å². The van der Waals surface area contributed by atoms with Crippen molar-refractivity contribution in [2.75, 3.05) is 11.9 Å². The molecule has 0 aliphatic carbocycles. The number of carbonyl (C=O) groups is 1. The topological polar surface area (TPSA) is 54.0 Å². The molecule has 0 unspecified atom stereocenters. The Kier molecular flexibility index (Phi) is 3.40. The van der Waals surface area contributed by atoms with Crippen molar-refractivity contribution in [3.63, 3.8) is 0 Å². The predicted molar refractivity (Wildman–Crippen MR) is 76.9 cm³/mol. The number of aromatic nitrogens is 1. The minimum Gasteiger partial charge on any atom is -0.380 e. The molecule has 2 N–H and O–H groups in total. The number of amides is 1. The van der Waals surface area contributed by atoms with E-state index in [9.17, 15) is 4.79 Å². The Hall–Kier alpha value is -1.59. The van der Waals surface area contributed by atoms with E-state index in [1.54, 1.807) is 6.20 Å². The summed E-state index contributed by atoms with van der Waals surface area (Å²) >= 11 is 7.23. The largest absolute Gasteiger partial charge is 0.380 e. The summed E-state index contributed by atoms with van der Waals surface area (Å²) in [5, 5.41) is 6.13. The zero-order valence-electron chi connectivity index (χ0n) is 10.1. The fraction of sp³-hybridized carbons (Fsp3) is 0.231. The Morgan fingerprint density at radius 3 is 3.16 bits per heavy atom. The molecule has 0 radical (unpaired) electrons. The highest BCUT2D eigenvalue weighted by Gasteiger charge is 2.16. The third kappa shape index (κ3) is 2.72. The lowest BCUT2D eigenvalue weighted by Crippen LogP contribution is -2.31. The van der Waals surface area contributed by atoms with Gasteiger partial charge in [0.1, 0.15) is 0 Å². The SMILES string of the molecule is O=C1NCCc2ccc(NCc3cnc(Cl)s3)cc21. The average Bonchev–Trinajstić information content (AvgIpc) is 2.83. The second-order valence-electron chi connectivity index (χ2n) is 4.31. The Labute approximate surface area is 119 Å². The Balaban J connectivity index is 1.75. The molecule has 0 spiro atoms. The fourth-order valence-electron chi connectivity index (χ4n) is 2.08. The normalized spacial score (nSPS) is 13.8. The third-order valence-electron chi connectivity index (χ3n) is 3.03. The number of rotatable bonds is 3. The van der Waals surface area contributed by atoms with Gasteiger partial charge in [-0.2, -0.15) is 0 Å². The van der Waals surface area contributed by atoms with E-state index in [4.69, 9.17) is 11.6 Å². The highest BCUT2D eigenvalue weighted by Crippen LogP contribution is 2.22. The first-order valence-corrected chi connectivity index (χ1v) is 7.17. The van der Waals surface area contributed by atoms with Gasteiger partial charge in [-0.15, -0.1) is 11.3 Å². The molecule has 1 aliphatic rings. The van der Waals surface area contributed by atoms with E-state index in [1.807, 2.05) is 18.2 Å². The summed E-state index contributed by atoms with van der Waals surface area (Å²) < 4.78 is 0.543. The summed E-state index contributed by atoms with van der Waals surface area (Å²) in [5.41, 5.74) is 2.80. The number of halogens is 1. The number of hydrogen-bond donors (Lipinski definition) is 2. The second-order valence-corrected chi connectivity index (χ2v) is 6.01. The molecule has 1 aliphatic heterocycles. The number of carbonyl (C=O) groups excluding carboxylic acids is 1. The van der Waals surface area contributed by atoms with Gasteiger partial charge in [0.05, 0.1) is 6.54 Å². The van der Waals surface area contributed by atoms with Gasteiger partial charge < -0.3 is 10.6 Å². The lowest BCUT2D eigenvalue weighted by atomic mass is 10.00. The van der Waals surface area contributed by atoms with Gasteiger partial charge in [0.25, 0.3) is 5.91 Å². The lowest BCUT2D eigenvalue weighted by Gasteiger charge is -2.17. The molecule has 2 aromatic rings. The third-order valence-corrected chi connectivity index (χ3v) is 4.14. The highest BCUT2D eigenvalue weighted by molar-refractivity contribution is 7.15. The predicted octanol–water partition coefficient (Wildman–Crippen LogP) is 2.69. The summed E-state index contributed by atoms with van der Waals surface area (Å²) in [7, 11) is 0. The quantitative estimate of drug-likeness (QED) is 0.915. The van der Waals surface area contributed by atoms with Gasteiger partial charge in [-0.1, -0.05) is 17.7 Å². The molecule has 3 rings (SSSR count). The Morgan fingerprint density at radius 1 is 1.47 bits per heavy atom. The summed E-state index contributed by atoms with van der Waals surface area (Å²) in [6, 6.07) is 5.91. The van der Waals surface area contributed by atoms with Gasteiger partial charge in [-0.25, -0.2) is 4.98 Å². The van der Waals surface area contributed by atoms with Gasteiger partial charge in [-0.05, 0) is 24.1 Å². The summed E-state index contributed by atoms with van der Waals surface area (Å²) in [5.74, 6) is 0.00531. The number of thiazole rings is 1. The zero-order chi connectivity index (χ0) is 13.2. The molecule has 98 valence electrons. The van der Waals surface area contributed by atoms with Crippen molar-refractivity contribution >= 4 is 34.5 Å². The van der Waals surface area contributed by atoms with Crippen molar-refractivity contribution in [1.29, 1.82) is 0 Å². The Bertz CT molecular complexity index is 626. The molecule has 2 heterocycles. The van der Waals surface area contributed by atoms with Crippen molar-refractivity contribution < 1.29 is 4.79 Å². The van der Waals surface area contributed by atoms with E-state index < -0.39 is 0 Å². The van der Waals surface area contributed by atoms with Crippen LogP contribution in [0.5, 0.6) is 0 Å². The van der Waals surface area contributed by atoms with Crippen molar-refractivity contribution in [2.24, 2.45) is 0 Å². The van der Waals surface area contributed by atoms with E-state index in [0.29, 0.717) is 11.0 Å². The number of hydrogen-bond acceptors (Lipinski definition) is 4. The maximum absolute atomic E-state index is 11.8. The van der Waals surface area contributed by atoms with Crippen LogP contribution in [0.25, 0.3) is 0 Å². The molecule has 1 aromatic heterocycles. The molecular weight excluding hydrogens is 282 g/mol. The van der Waals surface area contributed by atoms with Crippen LogP contribution in [-0.4, -0.2) is 17.4 Å². The first kappa shape index (κ1) is 12.4. The molecule has 0 saturated heterocycles. The molecule has 1 aromatic carbocycles. The molecule has 0 fully saturated rings. The molecule has 4 nitrogen and oxygen atoms in total. The molecule has 19 heavy (non-hydrogen) atoms. The smallest absolute Gasteiger partial charge is 0.251 e. The molecule has 0 bridgehead atoms. The van der Waals surface area contributed by atoms with Gasteiger partial charge in [0, 0.05) is 28.9 Å². The van der Waals surface area contributed by atoms with Crippen LogP contribution < -0.4 is 10.6 Å². The van der Waals surface area contributed by atoms with Crippen LogP contribution in [0, 0.1) is 0 Å². The summed E-state index contributed by atoms with van der Waals surface area (Å²) in [4.78, 5) is 16.8. The number of benzene rings is 1. The second kappa shape index (κ2) is 5.19. The van der Waals surface area contributed by atoms with Crippen LogP contribution in [0.3, 0.4) is 0 Å². The van der Waals surface area contributed by atoms with Crippen LogP contribution in [0.2, 0.25) is 4.47 Å². The van der Waals surface area contributed by atoms with Crippen molar-refractivity contribution in [1.82, 2.24) is 10.3 Å². The zero-order valence-corrected chi connectivity index (χ0v) is 11.6. The van der Waals surface area contributed by atoms with E-state index in [1.165, 1.54) is 11.3 Å². The van der Waals surface area contributed by atoms with Gasteiger partial charge in [0.2, 0.25) is 0 Å². The highest BCUT2D eigenvalue weighted by atomic mass is 35.5. The number of fused-ring (bicyclic) bond motifs is 1. The minimum absolute atomic E-state index is 0.00531. The average molecular weight is 294 g/mol. The van der Waals surface area contributed by atoms with Crippen molar-refractivity contribution in [3.8, 4) is 0 Å². The van der Waals surface area contributed by atoms with Crippen molar-refractivity contribution in [3.05, 3.63) is 44.9 Å². The first-order chi connectivity index (χ1) is 9.22. The van der Waals surface area contributed by atoms with E-state index in [0.717, 1.165) is 34.7 Å². The van der Waals surface area contributed by atoms with E-state index >= 15 is 0 Å². The number of nitrogens with zero attached hydrogens (tertiary/aromatic N) is 1. The number of nitrogens with one attached hydrogen (secondary N) is 2. The standard InChI is InChI=1S/C13H12ClN3OS/c14-13-17-7-10(19-13)6-16-9-2-1-8-3-4-15-12(18)11(8)5-9/h1-2,5,7,16H,3-4,6H2,(H,15,18). The molecule has 1 amide bonds. The van der Waals surface area contributed by atoms with Crippen LogP contribution >= 0.6 is 22.9 Å². The monoisotopic (exact) mass is 293 g/mol. The lowest BCUT2D eigenvalue weighted by molar-refractivity contribution is 0.0946. The molecule has 0 saturated carbocycles.